The first-order valence-electron chi connectivity index (χ1n) is 21.7. The van der Waals surface area contributed by atoms with Crippen LogP contribution < -0.4 is 16.1 Å². The number of rotatable bonds is 9. The zero-order valence-electron chi connectivity index (χ0n) is 36.9. The molecule has 0 saturated carbocycles. The standard InChI is InChI=1S/C47H61N7O8/c1-8-53-39-12-11-29-20-33(39)34(42(53)35-22-48-14-13-30(35)25-61-7)21-47(4,5)26-62-46(60)37-10-9-15-54(51-37)45(59)38(18-28-16-31(29)19-32(55)17-28)50-43(57)41(27(2)3)52(6)44(58)36-23-49-24-40(36)56/h11-14,16-17,19-20,22,27,36-38,40-41,49,51,55-56H,8-10,15,18,21,23-26H2,1-7H3,(H,50,57)/t36-,37+,38+,40+,41+/m1/s1. The molecule has 5 atom stereocenters. The molecule has 0 spiro atoms. The molecule has 3 aliphatic heterocycles. The van der Waals surface area contributed by atoms with Gasteiger partial charge in [0.1, 0.15) is 23.9 Å². The van der Waals surface area contributed by atoms with Gasteiger partial charge in [0, 0.05) is 81.0 Å². The summed E-state index contributed by atoms with van der Waals surface area (Å²) in [7, 11) is 3.22. The van der Waals surface area contributed by atoms with E-state index in [0.29, 0.717) is 44.5 Å². The summed E-state index contributed by atoms with van der Waals surface area (Å²) in [4.78, 5) is 62.3. The van der Waals surface area contributed by atoms with Crippen LogP contribution in [0.4, 0.5) is 0 Å². The number of phenols is 1. The molecule has 2 saturated heterocycles. The van der Waals surface area contributed by atoms with E-state index in [2.05, 4.69) is 58.5 Å². The van der Waals surface area contributed by atoms with E-state index in [1.807, 2.05) is 38.2 Å². The molecule has 3 amide bonds. The van der Waals surface area contributed by atoms with E-state index in [1.165, 1.54) is 9.91 Å². The molecule has 0 aliphatic carbocycles. The summed E-state index contributed by atoms with van der Waals surface area (Å²) in [5.41, 5.74) is 9.74. The number of aromatic nitrogens is 2. The summed E-state index contributed by atoms with van der Waals surface area (Å²) < 4.78 is 14.0. The fourth-order valence-corrected chi connectivity index (χ4v) is 9.43. The van der Waals surface area contributed by atoms with Crippen LogP contribution in [0.2, 0.25) is 0 Å². The lowest BCUT2D eigenvalue weighted by Gasteiger charge is -2.37. The summed E-state index contributed by atoms with van der Waals surface area (Å²) in [6, 6.07) is 10.5. The van der Waals surface area contributed by atoms with Crippen molar-refractivity contribution in [1.29, 1.82) is 0 Å². The first kappa shape index (κ1) is 44.7. The third-order valence-electron chi connectivity index (χ3n) is 12.5. The number of amides is 3. The van der Waals surface area contributed by atoms with E-state index in [1.54, 1.807) is 32.5 Å². The van der Waals surface area contributed by atoms with Crippen molar-refractivity contribution in [2.45, 2.75) is 97.7 Å². The van der Waals surface area contributed by atoms with Crippen molar-refractivity contribution in [3.8, 4) is 28.1 Å². The van der Waals surface area contributed by atoms with Crippen LogP contribution in [-0.2, 0) is 54.6 Å². The monoisotopic (exact) mass is 851 g/mol. The van der Waals surface area contributed by atoms with Crippen LogP contribution in [0.3, 0.4) is 0 Å². The van der Waals surface area contributed by atoms with Gasteiger partial charge < -0.3 is 39.8 Å². The minimum atomic E-state index is -1.16. The second-order valence-corrected chi connectivity index (χ2v) is 18.2. The molecule has 2 aromatic heterocycles. The summed E-state index contributed by atoms with van der Waals surface area (Å²) >= 11 is 0. The number of nitrogens with one attached hydrogen (secondary N) is 3. The van der Waals surface area contributed by atoms with Crippen molar-refractivity contribution >= 4 is 34.6 Å². The van der Waals surface area contributed by atoms with E-state index in [4.69, 9.17) is 9.47 Å². The molecule has 332 valence electrons. The highest BCUT2D eigenvalue weighted by atomic mass is 16.5. The van der Waals surface area contributed by atoms with Gasteiger partial charge in [-0.2, -0.15) is 0 Å². The van der Waals surface area contributed by atoms with Gasteiger partial charge in [0.15, 0.2) is 0 Å². The molecule has 2 aromatic carbocycles. The predicted octanol–water partition coefficient (Wildman–Crippen LogP) is 3.95. The van der Waals surface area contributed by atoms with Gasteiger partial charge in [-0.25, -0.2) is 5.43 Å². The zero-order valence-corrected chi connectivity index (χ0v) is 36.9. The van der Waals surface area contributed by atoms with Crippen molar-refractivity contribution in [3.63, 3.8) is 0 Å². The first-order chi connectivity index (χ1) is 29.6. The van der Waals surface area contributed by atoms with Gasteiger partial charge in [-0.05, 0) is 90.3 Å². The van der Waals surface area contributed by atoms with Gasteiger partial charge in [0.05, 0.1) is 30.9 Å². The number of aromatic hydroxyl groups is 1. The molecule has 5 heterocycles. The SMILES string of the molecule is CCn1c(-c2cnccc2COC)c2c3cc(ccc31)-c1cc(O)cc(c1)C[C@H](NC(=O)[C@H](C(C)C)N(C)C(=O)[C@@H]1CNC[C@@H]1O)C(=O)N1CCC[C@H](N1)C(=O)OCC(C)(C)C2. The average molecular weight is 852 g/mol. The van der Waals surface area contributed by atoms with Crippen molar-refractivity contribution in [1.82, 2.24) is 35.5 Å². The van der Waals surface area contributed by atoms with Crippen LogP contribution in [0.25, 0.3) is 33.3 Å². The number of benzene rings is 2. The number of aliphatic hydroxyl groups is 1. The summed E-state index contributed by atoms with van der Waals surface area (Å²) in [5, 5.41) is 30.1. The fourth-order valence-electron chi connectivity index (χ4n) is 9.43. The lowest BCUT2D eigenvalue weighted by molar-refractivity contribution is -0.155. The van der Waals surface area contributed by atoms with Crippen LogP contribution in [0.5, 0.6) is 5.75 Å². The van der Waals surface area contributed by atoms with Crippen LogP contribution in [0, 0.1) is 17.3 Å². The van der Waals surface area contributed by atoms with Gasteiger partial charge >= 0.3 is 5.97 Å². The molecule has 0 unspecified atom stereocenters. The number of phenolic OH excluding ortho intramolecular Hbond substituents is 1. The molecule has 62 heavy (non-hydrogen) atoms. The van der Waals surface area contributed by atoms with Crippen LogP contribution >= 0.6 is 0 Å². The maximum Gasteiger partial charge on any atom is 0.324 e. The molecule has 7 rings (SSSR count). The van der Waals surface area contributed by atoms with Crippen molar-refractivity contribution in [3.05, 3.63) is 71.5 Å². The molecule has 0 radical (unpaired) electrons. The Morgan fingerprint density at radius 3 is 2.61 bits per heavy atom. The number of cyclic esters (lactones) is 1. The number of carbonyl (C=O) groups is 4. The number of carbonyl (C=O) groups excluding carboxylic acids is 4. The Morgan fingerprint density at radius 1 is 1.11 bits per heavy atom. The van der Waals surface area contributed by atoms with E-state index in [-0.39, 0.29) is 43.7 Å². The van der Waals surface area contributed by atoms with Crippen LogP contribution in [0.1, 0.15) is 64.2 Å². The second kappa shape index (κ2) is 18.6. The Hall–Kier alpha value is -5.35. The number of aryl methyl sites for hydroxylation is 1. The number of pyridine rings is 1. The quantitative estimate of drug-likeness (QED) is 0.154. The summed E-state index contributed by atoms with van der Waals surface area (Å²) in [6.45, 7) is 11.9. The minimum Gasteiger partial charge on any atom is -0.508 e. The Kier molecular flexibility index (Phi) is 13.4. The number of nitrogens with zero attached hydrogens (tertiary/aromatic N) is 4. The highest BCUT2D eigenvalue weighted by molar-refractivity contribution is 5.96. The third kappa shape index (κ3) is 9.22. The van der Waals surface area contributed by atoms with Gasteiger partial charge in [-0.1, -0.05) is 39.8 Å². The summed E-state index contributed by atoms with van der Waals surface area (Å²) in [6.07, 6.45) is 4.26. The fraction of sp³-hybridized carbons (Fsp3) is 0.511. The minimum absolute atomic E-state index is 0.00563. The van der Waals surface area contributed by atoms with Gasteiger partial charge in [-0.15, -0.1) is 0 Å². The lowest BCUT2D eigenvalue weighted by Crippen LogP contribution is -2.62. The summed E-state index contributed by atoms with van der Waals surface area (Å²) in [5.74, 6) is -2.92. The lowest BCUT2D eigenvalue weighted by atomic mass is 9.84. The predicted molar refractivity (Wildman–Crippen MR) is 234 cm³/mol. The molecule has 5 N–H and O–H groups in total. The van der Waals surface area contributed by atoms with Gasteiger partial charge in [-0.3, -0.25) is 29.2 Å². The molecular formula is C47H61N7O8. The number of esters is 1. The van der Waals surface area contributed by atoms with Gasteiger partial charge in [0.25, 0.3) is 5.91 Å². The number of β-amino-alcohol motifs (C(OH)–C–C–N with tert-alkyl or cyclic N) is 1. The Bertz CT molecular complexity index is 2320. The zero-order chi connectivity index (χ0) is 44.5. The Morgan fingerprint density at radius 2 is 1.90 bits per heavy atom. The largest absolute Gasteiger partial charge is 0.508 e. The average Bonchev–Trinajstić information content (AvgIpc) is 3.81. The maximum absolute atomic E-state index is 14.6. The number of hydrogen-bond acceptors (Lipinski definition) is 11. The highest BCUT2D eigenvalue weighted by Gasteiger charge is 2.41. The van der Waals surface area contributed by atoms with Crippen molar-refractivity contribution in [2.24, 2.45) is 17.3 Å². The molecule has 2 fully saturated rings. The Labute approximate surface area is 363 Å². The van der Waals surface area contributed by atoms with Crippen molar-refractivity contribution < 1.29 is 38.9 Å². The Balaban J connectivity index is 1.33. The van der Waals surface area contributed by atoms with Gasteiger partial charge in [0.2, 0.25) is 11.8 Å². The van der Waals surface area contributed by atoms with E-state index < -0.39 is 53.3 Å². The molecule has 4 aromatic rings. The number of methoxy groups -OCH3 is 1. The number of hydrogen-bond donors (Lipinski definition) is 5. The molecule has 15 heteroatoms. The first-order valence-corrected chi connectivity index (χ1v) is 21.7. The number of fused-ring (bicyclic) bond motifs is 6. The number of ether oxygens (including phenoxy) is 2. The smallest absolute Gasteiger partial charge is 0.324 e. The van der Waals surface area contributed by atoms with Crippen molar-refractivity contribution in [2.75, 3.05) is 40.4 Å². The molecule has 3 aliphatic rings. The number of aliphatic hydroxyl groups excluding tert-OH is 1. The highest BCUT2D eigenvalue weighted by Crippen LogP contribution is 2.41. The topological polar surface area (TPSA) is 188 Å². The molecule has 6 bridgehead atoms. The van der Waals surface area contributed by atoms with E-state index >= 15 is 0 Å². The van der Waals surface area contributed by atoms with E-state index in [0.717, 1.165) is 44.4 Å². The maximum atomic E-state index is 14.6. The molecule has 15 nitrogen and oxygen atoms in total. The normalized spacial score (nSPS) is 22.3. The van der Waals surface area contributed by atoms with Crippen LogP contribution in [0.15, 0.2) is 54.9 Å². The van der Waals surface area contributed by atoms with E-state index in [9.17, 15) is 29.4 Å². The number of likely N-dealkylation sites (N-methyl/N-ethyl adjacent to an activating group) is 1. The molecular weight excluding hydrogens is 791 g/mol. The second-order valence-electron chi connectivity index (χ2n) is 18.2. The van der Waals surface area contributed by atoms with Crippen LogP contribution in [-0.4, -0.2) is 118 Å². The third-order valence-corrected chi connectivity index (χ3v) is 12.5. The number of hydrazine groups is 1.